The first-order valence-electron chi connectivity index (χ1n) is 8.74. The Bertz CT molecular complexity index is 752. The van der Waals surface area contributed by atoms with E-state index < -0.39 is 10.0 Å². The van der Waals surface area contributed by atoms with Gasteiger partial charge in [0.25, 0.3) is 11.5 Å². The van der Waals surface area contributed by atoms with Crippen molar-refractivity contribution in [3.8, 4) is 0 Å². The molecule has 1 amide bonds. The zero-order valence-corrected chi connectivity index (χ0v) is 15.6. The summed E-state index contributed by atoms with van der Waals surface area (Å²) in [5, 5.41) is 6.98. The number of piperidine rings is 1. The highest BCUT2D eigenvalue weighted by Crippen LogP contribution is 2.15. The van der Waals surface area contributed by atoms with Crippen LogP contribution in [-0.4, -0.2) is 53.3 Å². The number of aryl methyl sites for hydroxylation is 1. The molecular weight excluding hydrogens is 344 g/mol. The van der Waals surface area contributed by atoms with Crippen LogP contribution in [0, 0.1) is 0 Å². The molecule has 1 aliphatic rings. The quantitative estimate of drug-likeness (QED) is 0.757. The molecule has 8 nitrogen and oxygen atoms in total. The van der Waals surface area contributed by atoms with E-state index >= 15 is 0 Å². The van der Waals surface area contributed by atoms with Crippen LogP contribution in [0.15, 0.2) is 16.9 Å². The average Bonchev–Trinajstić information content (AvgIpc) is 2.57. The van der Waals surface area contributed by atoms with E-state index in [1.165, 1.54) is 21.1 Å². The zero-order chi connectivity index (χ0) is 18.4. The van der Waals surface area contributed by atoms with Crippen molar-refractivity contribution in [1.82, 2.24) is 19.4 Å². The Balaban J connectivity index is 1.95. The fraction of sp³-hybridized carbons (Fsp3) is 0.688. The molecule has 25 heavy (non-hydrogen) atoms. The SMILES string of the molecule is CCCn1nc(C(=O)NC2CCN(S(=O)(=O)CCC)CC2)ccc1=O. The molecule has 0 aromatic carbocycles. The predicted molar refractivity (Wildman–Crippen MR) is 94.9 cm³/mol. The molecule has 1 saturated heterocycles. The summed E-state index contributed by atoms with van der Waals surface area (Å²) in [5.74, 6) is -0.174. The van der Waals surface area contributed by atoms with Crippen molar-refractivity contribution in [3.05, 3.63) is 28.2 Å². The highest BCUT2D eigenvalue weighted by Gasteiger charge is 2.28. The molecule has 0 radical (unpaired) electrons. The fourth-order valence-corrected chi connectivity index (χ4v) is 4.41. The van der Waals surface area contributed by atoms with E-state index in [-0.39, 0.29) is 29.0 Å². The minimum absolute atomic E-state index is 0.0890. The van der Waals surface area contributed by atoms with E-state index in [0.717, 1.165) is 6.42 Å². The van der Waals surface area contributed by atoms with E-state index in [1.807, 2.05) is 13.8 Å². The molecule has 0 spiro atoms. The molecule has 0 aliphatic carbocycles. The van der Waals surface area contributed by atoms with Gasteiger partial charge in [-0.15, -0.1) is 0 Å². The number of sulfonamides is 1. The van der Waals surface area contributed by atoms with Gasteiger partial charge in [0.1, 0.15) is 5.69 Å². The van der Waals surface area contributed by atoms with Crippen LogP contribution < -0.4 is 10.9 Å². The number of hydrogen-bond donors (Lipinski definition) is 1. The molecule has 1 N–H and O–H groups in total. The van der Waals surface area contributed by atoms with Crippen LogP contribution in [0.1, 0.15) is 50.0 Å². The number of hydrogen-bond acceptors (Lipinski definition) is 5. The maximum absolute atomic E-state index is 12.3. The maximum Gasteiger partial charge on any atom is 0.271 e. The van der Waals surface area contributed by atoms with Gasteiger partial charge in [0.05, 0.1) is 5.75 Å². The second-order valence-corrected chi connectivity index (χ2v) is 8.33. The second kappa shape index (κ2) is 8.57. The third-order valence-corrected chi connectivity index (χ3v) is 6.26. The summed E-state index contributed by atoms with van der Waals surface area (Å²) in [4.78, 5) is 24.0. The van der Waals surface area contributed by atoms with Gasteiger partial charge < -0.3 is 5.32 Å². The normalized spacial score (nSPS) is 16.7. The lowest BCUT2D eigenvalue weighted by Gasteiger charge is -2.31. The topological polar surface area (TPSA) is 101 Å². The molecule has 1 aliphatic heterocycles. The second-order valence-electron chi connectivity index (χ2n) is 6.24. The molecule has 2 heterocycles. The largest absolute Gasteiger partial charge is 0.348 e. The summed E-state index contributed by atoms with van der Waals surface area (Å²) in [7, 11) is -3.18. The van der Waals surface area contributed by atoms with Gasteiger partial charge in [-0.25, -0.2) is 17.4 Å². The van der Waals surface area contributed by atoms with Crippen LogP contribution >= 0.6 is 0 Å². The van der Waals surface area contributed by atoms with Crippen LogP contribution in [-0.2, 0) is 16.6 Å². The Morgan fingerprint density at radius 1 is 1.24 bits per heavy atom. The highest BCUT2D eigenvalue weighted by atomic mass is 32.2. The van der Waals surface area contributed by atoms with Gasteiger partial charge in [-0.3, -0.25) is 9.59 Å². The number of nitrogens with one attached hydrogen (secondary N) is 1. The summed E-state index contributed by atoms with van der Waals surface area (Å²) >= 11 is 0. The zero-order valence-electron chi connectivity index (χ0n) is 14.8. The lowest BCUT2D eigenvalue weighted by Crippen LogP contribution is -2.47. The number of amides is 1. The Morgan fingerprint density at radius 2 is 1.92 bits per heavy atom. The smallest absolute Gasteiger partial charge is 0.271 e. The lowest BCUT2D eigenvalue weighted by molar-refractivity contribution is 0.0916. The summed E-state index contributed by atoms with van der Waals surface area (Å²) in [6, 6.07) is 2.68. The molecule has 0 unspecified atom stereocenters. The van der Waals surface area contributed by atoms with Crippen LogP contribution in [0.5, 0.6) is 0 Å². The monoisotopic (exact) mass is 370 g/mol. The van der Waals surface area contributed by atoms with Gasteiger partial charge in [0.15, 0.2) is 0 Å². The van der Waals surface area contributed by atoms with Crippen LogP contribution in [0.3, 0.4) is 0 Å². The first-order chi connectivity index (χ1) is 11.9. The molecule has 0 saturated carbocycles. The molecule has 140 valence electrons. The first kappa shape index (κ1) is 19.6. The molecule has 0 atom stereocenters. The van der Waals surface area contributed by atoms with Crippen molar-refractivity contribution in [2.75, 3.05) is 18.8 Å². The molecule has 2 rings (SSSR count). The Kier molecular flexibility index (Phi) is 6.71. The van der Waals surface area contributed by atoms with Gasteiger partial charge in [0, 0.05) is 31.7 Å². The van der Waals surface area contributed by atoms with Crippen molar-refractivity contribution in [3.63, 3.8) is 0 Å². The summed E-state index contributed by atoms with van der Waals surface area (Å²) in [5.41, 5.74) is -0.0260. The van der Waals surface area contributed by atoms with Crippen molar-refractivity contribution >= 4 is 15.9 Å². The van der Waals surface area contributed by atoms with E-state index in [9.17, 15) is 18.0 Å². The number of carbonyl (C=O) groups excluding carboxylic acids is 1. The maximum atomic E-state index is 12.3. The van der Waals surface area contributed by atoms with Crippen molar-refractivity contribution in [1.29, 1.82) is 0 Å². The van der Waals surface area contributed by atoms with Crippen molar-refractivity contribution < 1.29 is 13.2 Å². The minimum Gasteiger partial charge on any atom is -0.348 e. The van der Waals surface area contributed by atoms with Crippen LogP contribution in [0.2, 0.25) is 0 Å². The van der Waals surface area contributed by atoms with E-state index in [2.05, 4.69) is 10.4 Å². The standard InChI is InChI=1S/C16H26N4O4S/c1-3-9-20-15(21)6-5-14(18-20)16(22)17-13-7-10-19(11-8-13)25(23,24)12-4-2/h5-6,13H,3-4,7-12H2,1-2H3,(H,17,22). The average molecular weight is 370 g/mol. The third-order valence-electron chi connectivity index (χ3n) is 4.18. The third kappa shape index (κ3) is 5.12. The van der Waals surface area contributed by atoms with Gasteiger partial charge in [-0.05, 0) is 31.7 Å². The lowest BCUT2D eigenvalue weighted by atomic mass is 10.1. The molecule has 1 aromatic heterocycles. The predicted octanol–water partition coefficient (Wildman–Crippen LogP) is 0.587. The molecule has 1 aromatic rings. The molecule has 9 heteroatoms. The van der Waals surface area contributed by atoms with Crippen LogP contribution in [0.25, 0.3) is 0 Å². The highest BCUT2D eigenvalue weighted by molar-refractivity contribution is 7.89. The summed E-state index contributed by atoms with van der Waals surface area (Å²) < 4.78 is 26.9. The van der Waals surface area contributed by atoms with Crippen molar-refractivity contribution in [2.24, 2.45) is 0 Å². The molecular formula is C16H26N4O4S. The molecule has 1 fully saturated rings. The summed E-state index contributed by atoms with van der Waals surface area (Å²) in [6.07, 6.45) is 2.49. The number of rotatable bonds is 7. The van der Waals surface area contributed by atoms with Crippen molar-refractivity contribution in [2.45, 2.75) is 52.1 Å². The van der Waals surface area contributed by atoms with Crippen LogP contribution in [0.4, 0.5) is 0 Å². The Labute approximate surface area is 148 Å². The minimum atomic E-state index is -3.18. The van der Waals surface area contributed by atoms with Gasteiger partial charge in [-0.2, -0.15) is 5.10 Å². The summed E-state index contributed by atoms with van der Waals surface area (Å²) in [6.45, 7) is 5.07. The number of nitrogens with zero attached hydrogens (tertiary/aromatic N) is 3. The van der Waals surface area contributed by atoms with Gasteiger partial charge >= 0.3 is 0 Å². The fourth-order valence-electron chi connectivity index (χ4n) is 2.87. The van der Waals surface area contributed by atoms with Gasteiger partial charge in [0.2, 0.25) is 10.0 Å². The van der Waals surface area contributed by atoms with E-state index in [1.54, 1.807) is 0 Å². The van der Waals surface area contributed by atoms with E-state index in [4.69, 9.17) is 0 Å². The van der Waals surface area contributed by atoms with E-state index in [0.29, 0.717) is 38.9 Å². The Hall–Kier alpha value is -1.74. The Morgan fingerprint density at radius 3 is 2.52 bits per heavy atom. The molecule has 0 bridgehead atoms. The first-order valence-corrected chi connectivity index (χ1v) is 10.3. The van der Waals surface area contributed by atoms with Gasteiger partial charge in [-0.1, -0.05) is 13.8 Å². The number of carbonyl (C=O) groups is 1. The number of aromatic nitrogens is 2.